The summed E-state index contributed by atoms with van der Waals surface area (Å²) in [6.07, 6.45) is 4.45. The fraction of sp³-hybridized carbons (Fsp3) is 0.258. The Balaban J connectivity index is 1.33. The summed E-state index contributed by atoms with van der Waals surface area (Å²) < 4.78 is 0. The van der Waals surface area contributed by atoms with Gasteiger partial charge in [-0.25, -0.2) is 9.69 Å². The largest absolute Gasteiger partial charge is 0.356 e. The van der Waals surface area contributed by atoms with Gasteiger partial charge in [0, 0.05) is 34.1 Å². The molecule has 1 unspecified atom stereocenters. The third kappa shape index (κ3) is 3.83. The van der Waals surface area contributed by atoms with Crippen molar-refractivity contribution in [3.63, 3.8) is 0 Å². The van der Waals surface area contributed by atoms with E-state index in [-0.39, 0.29) is 17.9 Å². The third-order valence-electron chi connectivity index (χ3n) is 8.29. The van der Waals surface area contributed by atoms with Crippen LogP contribution in [0.5, 0.6) is 0 Å². The Hall–Kier alpha value is -4.10. The van der Waals surface area contributed by atoms with E-state index in [1.54, 1.807) is 35.2 Å². The van der Waals surface area contributed by atoms with E-state index < -0.39 is 18.1 Å². The molecule has 4 aromatic rings. The Kier molecular flexibility index (Phi) is 5.70. The van der Waals surface area contributed by atoms with Gasteiger partial charge < -0.3 is 10.3 Å². The quantitative estimate of drug-likeness (QED) is 0.314. The van der Waals surface area contributed by atoms with E-state index in [1.807, 2.05) is 42.5 Å². The number of aromatic amines is 1. The number of fused-ring (bicyclic) bond motifs is 4. The molecule has 0 spiro atoms. The Bertz CT molecular complexity index is 1640. The highest BCUT2D eigenvalue weighted by Crippen LogP contribution is 2.45. The standard InChI is InChI=1S/C31H27ClN4O3/c32-19-9-7-8-18(16-19)28-27-23(21-12-3-5-14-24(21)34-27)17-26-30(38)36(31(39)35(26)28)25-15-6-4-13-22(25)29(37)33-20-10-1-2-11-20/h3-9,12-16,20,26,28,34H,1-2,10-11,17H2,(H,33,37)/t26-,28?/m0/s1. The van der Waals surface area contributed by atoms with E-state index in [2.05, 4.69) is 10.3 Å². The second-order valence-electron chi connectivity index (χ2n) is 10.6. The molecule has 4 amide bonds. The molecular formula is C31H27ClN4O3. The van der Waals surface area contributed by atoms with Crippen LogP contribution in [0.1, 0.15) is 58.9 Å². The lowest BCUT2D eigenvalue weighted by Crippen LogP contribution is -2.44. The van der Waals surface area contributed by atoms with Crippen LogP contribution >= 0.6 is 11.6 Å². The number of hydrogen-bond acceptors (Lipinski definition) is 3. The van der Waals surface area contributed by atoms with Gasteiger partial charge in [-0.1, -0.05) is 66.9 Å². The van der Waals surface area contributed by atoms with Crippen LogP contribution in [-0.2, 0) is 11.2 Å². The summed E-state index contributed by atoms with van der Waals surface area (Å²) in [5, 5.41) is 4.69. The number of carbonyl (C=O) groups excluding carboxylic acids is 3. The van der Waals surface area contributed by atoms with Gasteiger partial charge in [0.1, 0.15) is 12.1 Å². The molecule has 2 N–H and O–H groups in total. The first kappa shape index (κ1) is 24.0. The molecule has 3 aromatic carbocycles. The van der Waals surface area contributed by atoms with Crippen molar-refractivity contribution >= 4 is 46.0 Å². The number of amides is 4. The molecule has 3 heterocycles. The fourth-order valence-electron chi connectivity index (χ4n) is 6.51. The molecule has 7 nitrogen and oxygen atoms in total. The minimum Gasteiger partial charge on any atom is -0.356 e. The predicted octanol–water partition coefficient (Wildman–Crippen LogP) is 5.98. The maximum absolute atomic E-state index is 14.2. The molecule has 2 fully saturated rings. The summed E-state index contributed by atoms with van der Waals surface area (Å²) in [6, 6.07) is 20.7. The van der Waals surface area contributed by atoms with Gasteiger partial charge in [0.05, 0.1) is 11.3 Å². The molecule has 2 atom stereocenters. The third-order valence-corrected chi connectivity index (χ3v) is 8.53. The van der Waals surface area contributed by atoms with Crippen molar-refractivity contribution in [1.29, 1.82) is 0 Å². The van der Waals surface area contributed by atoms with E-state index >= 15 is 0 Å². The summed E-state index contributed by atoms with van der Waals surface area (Å²) in [5.74, 6) is -0.588. The average Bonchev–Trinajstić information content (AvgIpc) is 3.65. The summed E-state index contributed by atoms with van der Waals surface area (Å²) in [7, 11) is 0. The number of anilines is 1. The molecular weight excluding hydrogens is 512 g/mol. The monoisotopic (exact) mass is 538 g/mol. The van der Waals surface area contributed by atoms with E-state index in [1.165, 1.54) is 4.90 Å². The SMILES string of the molecule is O=C(NC1CCCC1)c1ccccc1N1C(=O)[C@@H]2Cc3c([nH]c4ccccc34)C(c3cccc(Cl)c3)N2C1=O. The molecule has 1 aromatic heterocycles. The second kappa shape index (κ2) is 9.27. The van der Waals surface area contributed by atoms with E-state index in [4.69, 9.17) is 11.6 Å². The van der Waals surface area contributed by atoms with Gasteiger partial charge in [0.25, 0.3) is 11.8 Å². The molecule has 8 heteroatoms. The number of nitrogens with zero attached hydrogens (tertiary/aromatic N) is 2. The molecule has 1 saturated heterocycles. The molecule has 1 aliphatic carbocycles. The first-order valence-electron chi connectivity index (χ1n) is 13.4. The molecule has 1 saturated carbocycles. The number of rotatable bonds is 4. The summed E-state index contributed by atoms with van der Waals surface area (Å²) in [6.45, 7) is 0. The number of hydrogen-bond donors (Lipinski definition) is 2. The number of halogens is 1. The average molecular weight is 539 g/mol. The zero-order valence-electron chi connectivity index (χ0n) is 21.2. The highest BCUT2D eigenvalue weighted by atomic mass is 35.5. The van der Waals surface area contributed by atoms with E-state index in [0.717, 1.165) is 53.4 Å². The molecule has 39 heavy (non-hydrogen) atoms. The smallest absolute Gasteiger partial charge is 0.332 e. The van der Waals surface area contributed by atoms with Crippen molar-refractivity contribution in [2.24, 2.45) is 0 Å². The van der Waals surface area contributed by atoms with Crippen LogP contribution in [0.25, 0.3) is 10.9 Å². The van der Waals surface area contributed by atoms with Crippen LogP contribution in [0.4, 0.5) is 10.5 Å². The van der Waals surface area contributed by atoms with E-state index in [9.17, 15) is 14.4 Å². The lowest BCUT2D eigenvalue weighted by molar-refractivity contribution is -0.120. The number of imide groups is 1. The van der Waals surface area contributed by atoms with Gasteiger partial charge in [-0.3, -0.25) is 14.5 Å². The number of H-pyrrole nitrogens is 1. The summed E-state index contributed by atoms with van der Waals surface area (Å²) >= 11 is 6.39. The number of nitrogens with one attached hydrogen (secondary N) is 2. The van der Waals surface area contributed by atoms with Gasteiger partial charge in [-0.2, -0.15) is 0 Å². The molecule has 3 aliphatic rings. The molecule has 0 bridgehead atoms. The van der Waals surface area contributed by atoms with Gasteiger partial charge in [-0.15, -0.1) is 0 Å². The van der Waals surface area contributed by atoms with Crippen LogP contribution in [-0.4, -0.2) is 39.8 Å². The lowest BCUT2D eigenvalue weighted by atomic mass is 9.89. The predicted molar refractivity (Wildman–Crippen MR) is 150 cm³/mol. The van der Waals surface area contributed by atoms with E-state index in [0.29, 0.717) is 22.7 Å². The molecule has 2 aliphatic heterocycles. The van der Waals surface area contributed by atoms with Crippen molar-refractivity contribution in [2.45, 2.75) is 50.2 Å². The first-order valence-corrected chi connectivity index (χ1v) is 13.8. The van der Waals surface area contributed by atoms with Crippen LogP contribution in [0.2, 0.25) is 5.02 Å². The van der Waals surface area contributed by atoms with Crippen molar-refractivity contribution < 1.29 is 14.4 Å². The summed E-state index contributed by atoms with van der Waals surface area (Å²) in [4.78, 5) is 48.0. The highest BCUT2D eigenvalue weighted by Gasteiger charge is 2.53. The summed E-state index contributed by atoms with van der Waals surface area (Å²) in [5.41, 5.74) is 4.32. The maximum atomic E-state index is 14.2. The number of benzene rings is 3. The van der Waals surface area contributed by atoms with Crippen LogP contribution < -0.4 is 10.2 Å². The van der Waals surface area contributed by atoms with Crippen molar-refractivity contribution in [2.75, 3.05) is 4.90 Å². The fourth-order valence-corrected chi connectivity index (χ4v) is 6.71. The minimum absolute atomic E-state index is 0.118. The molecule has 0 radical (unpaired) electrons. The zero-order chi connectivity index (χ0) is 26.7. The maximum Gasteiger partial charge on any atom is 0.332 e. The Morgan fingerprint density at radius 3 is 2.54 bits per heavy atom. The second-order valence-corrected chi connectivity index (χ2v) is 11.0. The van der Waals surface area contributed by atoms with Gasteiger partial charge in [0.15, 0.2) is 0 Å². The number of urea groups is 1. The Labute approximate surface area is 230 Å². The van der Waals surface area contributed by atoms with Crippen molar-refractivity contribution in [1.82, 2.24) is 15.2 Å². The Morgan fingerprint density at radius 1 is 0.949 bits per heavy atom. The lowest BCUT2D eigenvalue weighted by Gasteiger charge is -2.36. The van der Waals surface area contributed by atoms with Crippen molar-refractivity contribution in [3.8, 4) is 0 Å². The highest BCUT2D eigenvalue weighted by molar-refractivity contribution is 6.30. The molecule has 7 rings (SSSR count). The topological polar surface area (TPSA) is 85.5 Å². The van der Waals surface area contributed by atoms with Crippen LogP contribution in [0.3, 0.4) is 0 Å². The van der Waals surface area contributed by atoms with Gasteiger partial charge in [-0.05, 0) is 54.3 Å². The van der Waals surface area contributed by atoms with Crippen LogP contribution in [0, 0.1) is 0 Å². The number of aromatic nitrogens is 1. The van der Waals surface area contributed by atoms with Gasteiger partial charge >= 0.3 is 6.03 Å². The Morgan fingerprint density at radius 2 is 1.72 bits per heavy atom. The normalized spacial score (nSPS) is 20.9. The van der Waals surface area contributed by atoms with Gasteiger partial charge in [0.2, 0.25) is 0 Å². The minimum atomic E-state index is -0.709. The van der Waals surface area contributed by atoms with Crippen molar-refractivity contribution in [3.05, 3.63) is 100 Å². The number of carbonyl (C=O) groups is 3. The van der Waals surface area contributed by atoms with Crippen LogP contribution in [0.15, 0.2) is 72.8 Å². The molecule has 196 valence electrons. The number of para-hydroxylation sites is 2. The zero-order valence-corrected chi connectivity index (χ0v) is 21.9. The first-order chi connectivity index (χ1) is 19.0.